The number of carbonyl (C=O) groups is 2. The Bertz CT molecular complexity index is 1100. The molecule has 0 saturated carbocycles. The molecule has 3 aromatic rings. The first-order valence-corrected chi connectivity index (χ1v) is 9.80. The van der Waals surface area contributed by atoms with E-state index in [1.807, 2.05) is 0 Å². The van der Waals surface area contributed by atoms with Gasteiger partial charge in [-0.05, 0) is 60.0 Å². The van der Waals surface area contributed by atoms with E-state index in [1.165, 1.54) is 18.2 Å². The van der Waals surface area contributed by atoms with E-state index in [1.54, 1.807) is 60.7 Å². The van der Waals surface area contributed by atoms with Crippen LogP contribution in [0.2, 0.25) is 5.02 Å². The van der Waals surface area contributed by atoms with Crippen LogP contribution < -0.4 is 10.1 Å². The van der Waals surface area contributed by atoms with Gasteiger partial charge in [0.15, 0.2) is 0 Å². The number of carbonyl (C=O) groups excluding carboxylic acids is 1. The van der Waals surface area contributed by atoms with Gasteiger partial charge >= 0.3 is 5.97 Å². The third-order valence-corrected chi connectivity index (χ3v) is 4.63. The van der Waals surface area contributed by atoms with Crippen molar-refractivity contribution in [1.29, 1.82) is 0 Å². The lowest BCUT2D eigenvalue weighted by atomic mass is 10.1. The second kappa shape index (κ2) is 10.4. The fourth-order valence-electron chi connectivity index (χ4n) is 2.73. The lowest BCUT2D eigenvalue weighted by molar-refractivity contribution is -0.134. The summed E-state index contributed by atoms with van der Waals surface area (Å²) in [6.45, 7) is 0. The molecule has 7 heteroatoms. The number of rotatable bonds is 8. The minimum atomic E-state index is -1.26. The van der Waals surface area contributed by atoms with Crippen molar-refractivity contribution in [2.45, 2.75) is 12.8 Å². The number of aliphatic carboxylic acids is 1. The van der Waals surface area contributed by atoms with Crippen LogP contribution in [0.4, 0.5) is 4.39 Å². The first kappa shape index (κ1) is 22.1. The van der Waals surface area contributed by atoms with Gasteiger partial charge < -0.3 is 15.2 Å². The molecule has 3 aromatic carbocycles. The zero-order chi connectivity index (χ0) is 22.2. The molecule has 0 heterocycles. The molecule has 0 radical (unpaired) electrons. The van der Waals surface area contributed by atoms with E-state index in [0.717, 1.165) is 5.56 Å². The molecule has 0 atom stereocenters. The van der Waals surface area contributed by atoms with Crippen LogP contribution in [0, 0.1) is 5.82 Å². The van der Waals surface area contributed by atoms with Crippen molar-refractivity contribution in [2.75, 3.05) is 0 Å². The van der Waals surface area contributed by atoms with Gasteiger partial charge in [0.1, 0.15) is 23.0 Å². The summed E-state index contributed by atoms with van der Waals surface area (Å²) in [4.78, 5) is 23.7. The molecule has 0 spiro atoms. The van der Waals surface area contributed by atoms with Gasteiger partial charge in [-0.1, -0.05) is 48.0 Å². The molecule has 0 aromatic heterocycles. The van der Waals surface area contributed by atoms with Gasteiger partial charge in [0.25, 0.3) is 0 Å². The van der Waals surface area contributed by atoms with E-state index in [2.05, 4.69) is 5.32 Å². The van der Waals surface area contributed by atoms with Crippen molar-refractivity contribution in [3.05, 3.63) is 100 Å². The van der Waals surface area contributed by atoms with Crippen molar-refractivity contribution in [2.24, 2.45) is 0 Å². The molecular weight excluding hydrogens is 421 g/mol. The second-order valence-electron chi connectivity index (χ2n) is 6.64. The Morgan fingerprint density at radius 1 is 1.00 bits per heavy atom. The molecule has 0 saturated heterocycles. The Balaban J connectivity index is 1.63. The molecule has 5 nitrogen and oxygen atoms in total. The van der Waals surface area contributed by atoms with Gasteiger partial charge in [0.05, 0.1) is 5.02 Å². The number of benzene rings is 3. The topological polar surface area (TPSA) is 75.6 Å². The Morgan fingerprint density at radius 2 is 1.68 bits per heavy atom. The number of carboxylic acid groups (broad SMARTS) is 1. The predicted molar refractivity (Wildman–Crippen MR) is 116 cm³/mol. The van der Waals surface area contributed by atoms with Gasteiger partial charge in [-0.15, -0.1) is 0 Å². The fraction of sp³-hybridized carbons (Fsp3) is 0.0833. The number of nitrogens with one attached hydrogen (secondary N) is 1. The Hall–Kier alpha value is -3.64. The van der Waals surface area contributed by atoms with Gasteiger partial charge in [0.2, 0.25) is 5.91 Å². The summed E-state index contributed by atoms with van der Waals surface area (Å²) in [6.07, 6.45) is 1.80. The maximum absolute atomic E-state index is 12.9. The van der Waals surface area contributed by atoms with E-state index in [0.29, 0.717) is 28.5 Å². The molecule has 1 amide bonds. The second-order valence-corrected chi connectivity index (χ2v) is 7.05. The van der Waals surface area contributed by atoms with Gasteiger partial charge in [0, 0.05) is 6.42 Å². The number of hydrogen-bond acceptors (Lipinski definition) is 3. The van der Waals surface area contributed by atoms with Crippen molar-refractivity contribution in [1.82, 2.24) is 5.32 Å². The van der Waals surface area contributed by atoms with Crippen LogP contribution in [0.3, 0.4) is 0 Å². The van der Waals surface area contributed by atoms with E-state index >= 15 is 0 Å². The maximum Gasteiger partial charge on any atom is 0.352 e. The molecule has 158 valence electrons. The average molecular weight is 440 g/mol. The van der Waals surface area contributed by atoms with Crippen molar-refractivity contribution >= 4 is 29.6 Å². The number of hydrogen-bond donors (Lipinski definition) is 2. The highest BCUT2D eigenvalue weighted by Crippen LogP contribution is 2.29. The van der Waals surface area contributed by atoms with Crippen LogP contribution >= 0.6 is 11.6 Å². The summed E-state index contributed by atoms with van der Waals surface area (Å²) in [5.74, 6) is -1.02. The number of amides is 1. The summed E-state index contributed by atoms with van der Waals surface area (Å²) >= 11 is 6.07. The van der Waals surface area contributed by atoms with E-state index < -0.39 is 11.9 Å². The predicted octanol–water partition coefficient (Wildman–Crippen LogP) is 5.45. The Labute approximate surface area is 183 Å². The summed E-state index contributed by atoms with van der Waals surface area (Å²) in [5, 5.41) is 12.3. The van der Waals surface area contributed by atoms with Crippen molar-refractivity contribution < 1.29 is 23.8 Å². The third-order valence-electron chi connectivity index (χ3n) is 4.31. The Morgan fingerprint density at radius 3 is 2.32 bits per heavy atom. The molecule has 0 unspecified atom stereocenters. The van der Waals surface area contributed by atoms with Crippen LogP contribution in [0.25, 0.3) is 6.08 Å². The third kappa shape index (κ3) is 6.69. The largest absolute Gasteiger partial charge is 0.477 e. The molecule has 0 aliphatic heterocycles. The lowest BCUT2D eigenvalue weighted by Gasteiger charge is -2.08. The van der Waals surface area contributed by atoms with Crippen LogP contribution in [-0.2, 0) is 16.0 Å². The summed E-state index contributed by atoms with van der Waals surface area (Å²) in [6, 6.07) is 19.5. The zero-order valence-electron chi connectivity index (χ0n) is 16.3. The van der Waals surface area contributed by atoms with Crippen LogP contribution in [0.5, 0.6) is 11.5 Å². The number of aryl methyl sites for hydroxylation is 1. The molecular formula is C24H19ClFNO4. The zero-order valence-corrected chi connectivity index (χ0v) is 17.1. The first-order chi connectivity index (χ1) is 14.9. The standard InChI is InChI=1S/C24H19ClFNO4/c25-20-3-1-2-4-22(20)31-19-12-7-17(8-13-19)15-21(24(29)30)27-23(28)14-9-16-5-10-18(26)11-6-16/h1-8,10-13,15H,9,14H2,(H,27,28)(H,29,30)/b21-15+. The van der Waals surface area contributed by atoms with E-state index in [4.69, 9.17) is 16.3 Å². The minimum absolute atomic E-state index is 0.0703. The molecule has 31 heavy (non-hydrogen) atoms. The van der Waals surface area contributed by atoms with Crippen LogP contribution in [-0.4, -0.2) is 17.0 Å². The summed E-state index contributed by atoms with van der Waals surface area (Å²) in [7, 11) is 0. The first-order valence-electron chi connectivity index (χ1n) is 9.42. The smallest absolute Gasteiger partial charge is 0.352 e. The highest BCUT2D eigenvalue weighted by atomic mass is 35.5. The normalized spacial score (nSPS) is 11.1. The number of carboxylic acids is 1. The van der Waals surface area contributed by atoms with Crippen molar-refractivity contribution in [3.8, 4) is 11.5 Å². The monoisotopic (exact) mass is 439 g/mol. The SMILES string of the molecule is O=C(CCc1ccc(F)cc1)N/C(=C/c1ccc(Oc2ccccc2Cl)cc1)C(=O)O. The fourth-order valence-corrected chi connectivity index (χ4v) is 2.90. The number of halogens is 2. The number of para-hydroxylation sites is 1. The maximum atomic E-state index is 12.9. The Kier molecular flexibility index (Phi) is 7.40. The lowest BCUT2D eigenvalue weighted by Crippen LogP contribution is -2.27. The van der Waals surface area contributed by atoms with Crippen molar-refractivity contribution in [3.63, 3.8) is 0 Å². The molecule has 0 bridgehead atoms. The molecule has 0 aliphatic carbocycles. The van der Waals surface area contributed by atoms with Gasteiger partial charge in [-0.25, -0.2) is 9.18 Å². The van der Waals surface area contributed by atoms with Crippen LogP contribution in [0.15, 0.2) is 78.5 Å². The average Bonchev–Trinajstić information content (AvgIpc) is 2.75. The highest BCUT2D eigenvalue weighted by Gasteiger charge is 2.12. The summed E-state index contributed by atoms with van der Waals surface area (Å²) in [5.41, 5.74) is 1.11. The quantitative estimate of drug-likeness (QED) is 0.458. The minimum Gasteiger partial charge on any atom is -0.477 e. The molecule has 0 fully saturated rings. The molecule has 0 aliphatic rings. The highest BCUT2D eigenvalue weighted by molar-refractivity contribution is 6.32. The molecule has 3 rings (SSSR count). The van der Waals surface area contributed by atoms with E-state index in [-0.39, 0.29) is 17.9 Å². The number of ether oxygens (including phenoxy) is 1. The van der Waals surface area contributed by atoms with E-state index in [9.17, 15) is 19.1 Å². The van der Waals surface area contributed by atoms with Gasteiger partial charge in [-0.3, -0.25) is 4.79 Å². The summed E-state index contributed by atoms with van der Waals surface area (Å²) < 4.78 is 18.6. The molecule has 2 N–H and O–H groups in total. The van der Waals surface area contributed by atoms with Crippen LogP contribution in [0.1, 0.15) is 17.5 Å². The van der Waals surface area contributed by atoms with Gasteiger partial charge in [-0.2, -0.15) is 0 Å².